The number of nitrogens with zero attached hydrogens (tertiary/aromatic N) is 1. The molecule has 0 unspecified atom stereocenters. The van der Waals surface area contributed by atoms with Gasteiger partial charge in [0.05, 0.1) is 12.1 Å². The lowest BCUT2D eigenvalue weighted by molar-refractivity contribution is -0.112. The lowest BCUT2D eigenvalue weighted by atomic mass is 10.1. The Labute approximate surface area is 208 Å². The Bertz CT molecular complexity index is 1250. The van der Waals surface area contributed by atoms with Gasteiger partial charge in [0.1, 0.15) is 30.6 Å². The molecule has 0 aliphatic rings. The summed E-state index contributed by atoms with van der Waals surface area (Å²) in [7, 11) is 1.56. The number of para-hydroxylation sites is 2. The average Bonchev–Trinajstić information content (AvgIpc) is 2.81. The van der Waals surface area contributed by atoms with E-state index in [0.717, 1.165) is 5.56 Å². The van der Waals surface area contributed by atoms with Crippen LogP contribution < -0.4 is 19.5 Å². The van der Waals surface area contributed by atoms with Gasteiger partial charge in [-0.3, -0.25) is 4.79 Å². The van der Waals surface area contributed by atoms with Crippen molar-refractivity contribution in [3.8, 4) is 23.3 Å². The molecular weight excluding hydrogens is 475 g/mol. The minimum absolute atomic E-state index is 0.130. The first-order chi connectivity index (χ1) is 16.4. The second kappa shape index (κ2) is 12.0. The molecule has 34 heavy (non-hydrogen) atoms. The number of anilines is 1. The summed E-state index contributed by atoms with van der Waals surface area (Å²) < 4.78 is 16.8. The number of halogens is 2. The van der Waals surface area contributed by atoms with Gasteiger partial charge in [0, 0.05) is 16.3 Å². The Kier molecular flexibility index (Phi) is 8.80. The molecular formula is C26H22Cl2N2O4. The molecule has 0 spiro atoms. The number of ether oxygens (including phenoxy) is 3. The Hall–Kier alpha value is -3.66. The molecule has 0 aromatic heterocycles. The van der Waals surface area contributed by atoms with Crippen LogP contribution in [-0.2, 0) is 4.79 Å². The largest absolute Gasteiger partial charge is 0.493 e. The van der Waals surface area contributed by atoms with Crippen molar-refractivity contribution in [2.75, 3.05) is 25.6 Å². The van der Waals surface area contributed by atoms with Crippen LogP contribution in [0.3, 0.4) is 0 Å². The number of nitrogens with one attached hydrogen (secondary N) is 1. The molecule has 0 bridgehead atoms. The van der Waals surface area contributed by atoms with E-state index < -0.39 is 5.91 Å². The highest BCUT2D eigenvalue weighted by Crippen LogP contribution is 2.34. The molecule has 3 aromatic rings. The van der Waals surface area contributed by atoms with Crippen molar-refractivity contribution in [3.05, 3.63) is 87.4 Å². The fraction of sp³-hybridized carbons (Fsp3) is 0.154. The van der Waals surface area contributed by atoms with E-state index in [9.17, 15) is 10.1 Å². The molecule has 1 amide bonds. The van der Waals surface area contributed by atoms with Gasteiger partial charge in [0.15, 0.2) is 11.5 Å². The van der Waals surface area contributed by atoms with Crippen LogP contribution in [0.5, 0.6) is 17.2 Å². The molecule has 0 aliphatic carbocycles. The van der Waals surface area contributed by atoms with E-state index >= 15 is 0 Å². The number of hydrogen-bond acceptors (Lipinski definition) is 5. The van der Waals surface area contributed by atoms with E-state index in [1.165, 1.54) is 12.1 Å². The predicted octanol–water partition coefficient (Wildman–Crippen LogP) is 6.31. The van der Waals surface area contributed by atoms with Gasteiger partial charge in [0.25, 0.3) is 5.91 Å². The first kappa shape index (κ1) is 25.0. The lowest BCUT2D eigenvalue weighted by Gasteiger charge is -2.14. The summed E-state index contributed by atoms with van der Waals surface area (Å²) in [5.74, 6) is 0.907. The summed E-state index contributed by atoms with van der Waals surface area (Å²) in [5.41, 5.74) is 1.83. The van der Waals surface area contributed by atoms with Crippen LogP contribution in [0.25, 0.3) is 6.08 Å². The topological polar surface area (TPSA) is 80.6 Å². The normalized spacial score (nSPS) is 10.9. The zero-order valence-corrected chi connectivity index (χ0v) is 20.1. The molecule has 0 saturated carbocycles. The van der Waals surface area contributed by atoms with Gasteiger partial charge in [-0.15, -0.1) is 0 Å². The third-order valence-electron chi connectivity index (χ3n) is 4.63. The SMILES string of the molecule is COc1ccccc1OCCOc1c(Cl)cc(Cl)cc1/C=C(\C#N)C(=O)Nc1cccc(C)c1. The van der Waals surface area contributed by atoms with E-state index in [2.05, 4.69) is 5.32 Å². The van der Waals surface area contributed by atoms with Crippen molar-refractivity contribution in [1.82, 2.24) is 0 Å². The Morgan fingerprint density at radius 1 is 1.03 bits per heavy atom. The zero-order valence-electron chi connectivity index (χ0n) is 18.6. The van der Waals surface area contributed by atoms with E-state index in [1.807, 2.05) is 37.3 Å². The van der Waals surface area contributed by atoms with Gasteiger partial charge in [-0.1, -0.05) is 47.5 Å². The number of amides is 1. The molecule has 0 fully saturated rings. The van der Waals surface area contributed by atoms with Crippen LogP contribution in [-0.4, -0.2) is 26.2 Å². The van der Waals surface area contributed by atoms with Gasteiger partial charge in [0.2, 0.25) is 0 Å². The highest BCUT2D eigenvalue weighted by molar-refractivity contribution is 6.36. The van der Waals surface area contributed by atoms with Crippen molar-refractivity contribution in [2.45, 2.75) is 6.92 Å². The van der Waals surface area contributed by atoms with Crippen LogP contribution >= 0.6 is 23.2 Å². The molecule has 8 heteroatoms. The van der Waals surface area contributed by atoms with E-state index in [1.54, 1.807) is 37.4 Å². The first-order valence-corrected chi connectivity index (χ1v) is 11.0. The maximum Gasteiger partial charge on any atom is 0.266 e. The molecule has 1 N–H and O–H groups in total. The van der Waals surface area contributed by atoms with Gasteiger partial charge >= 0.3 is 0 Å². The maximum atomic E-state index is 12.7. The van der Waals surface area contributed by atoms with Gasteiger partial charge in [-0.2, -0.15) is 5.26 Å². The zero-order chi connectivity index (χ0) is 24.5. The Balaban J connectivity index is 1.76. The Morgan fingerprint density at radius 2 is 1.76 bits per heavy atom. The number of methoxy groups -OCH3 is 1. The monoisotopic (exact) mass is 496 g/mol. The van der Waals surface area contributed by atoms with Crippen molar-refractivity contribution in [3.63, 3.8) is 0 Å². The lowest BCUT2D eigenvalue weighted by Crippen LogP contribution is -2.14. The number of benzene rings is 3. The van der Waals surface area contributed by atoms with Gasteiger partial charge in [-0.05, 0) is 55.0 Å². The molecule has 174 valence electrons. The molecule has 3 aromatic carbocycles. The van der Waals surface area contributed by atoms with E-state index in [0.29, 0.717) is 27.8 Å². The second-order valence-corrected chi connectivity index (χ2v) is 7.99. The molecule has 3 rings (SSSR count). The quantitative estimate of drug-likeness (QED) is 0.213. The van der Waals surface area contributed by atoms with E-state index in [4.69, 9.17) is 37.4 Å². The van der Waals surface area contributed by atoms with Crippen LogP contribution in [0, 0.1) is 18.3 Å². The molecule has 0 radical (unpaired) electrons. The number of aryl methyl sites for hydroxylation is 1. The van der Waals surface area contributed by atoms with E-state index in [-0.39, 0.29) is 29.6 Å². The van der Waals surface area contributed by atoms with Crippen molar-refractivity contribution in [2.24, 2.45) is 0 Å². The summed E-state index contributed by atoms with van der Waals surface area (Å²) in [6, 6.07) is 19.5. The first-order valence-electron chi connectivity index (χ1n) is 10.3. The van der Waals surface area contributed by atoms with Crippen molar-refractivity contribution < 1.29 is 19.0 Å². The van der Waals surface area contributed by atoms with Gasteiger partial charge in [-0.25, -0.2) is 0 Å². The average molecular weight is 497 g/mol. The fourth-order valence-corrected chi connectivity index (χ4v) is 3.66. The van der Waals surface area contributed by atoms with Gasteiger partial charge < -0.3 is 19.5 Å². The number of carbonyl (C=O) groups is 1. The minimum Gasteiger partial charge on any atom is -0.493 e. The summed E-state index contributed by atoms with van der Waals surface area (Å²) in [6.07, 6.45) is 1.39. The second-order valence-electron chi connectivity index (χ2n) is 7.15. The summed E-state index contributed by atoms with van der Waals surface area (Å²) in [6.45, 7) is 2.27. The minimum atomic E-state index is -0.561. The van der Waals surface area contributed by atoms with Crippen LogP contribution in [0.15, 0.2) is 66.2 Å². The molecule has 0 aliphatic heterocycles. The number of carbonyl (C=O) groups excluding carboxylic acids is 1. The molecule has 0 saturated heterocycles. The fourth-order valence-electron chi connectivity index (χ4n) is 3.10. The van der Waals surface area contributed by atoms with Crippen molar-refractivity contribution in [1.29, 1.82) is 5.26 Å². The molecule has 0 heterocycles. The molecule has 0 atom stereocenters. The number of nitriles is 1. The summed E-state index contributed by atoms with van der Waals surface area (Å²) in [5, 5.41) is 12.9. The maximum absolute atomic E-state index is 12.7. The van der Waals surface area contributed by atoms with Crippen molar-refractivity contribution >= 4 is 40.9 Å². The summed E-state index contributed by atoms with van der Waals surface area (Å²) in [4.78, 5) is 12.7. The molecule has 6 nitrogen and oxygen atoms in total. The number of hydrogen-bond donors (Lipinski definition) is 1. The third-order valence-corrected chi connectivity index (χ3v) is 5.13. The predicted molar refractivity (Wildman–Crippen MR) is 134 cm³/mol. The Morgan fingerprint density at radius 3 is 2.47 bits per heavy atom. The summed E-state index contributed by atoms with van der Waals surface area (Å²) >= 11 is 12.5. The van der Waals surface area contributed by atoms with Crippen LogP contribution in [0.1, 0.15) is 11.1 Å². The van der Waals surface area contributed by atoms with Crippen LogP contribution in [0.4, 0.5) is 5.69 Å². The highest BCUT2D eigenvalue weighted by Gasteiger charge is 2.15. The number of rotatable bonds is 9. The standard InChI is InChI=1S/C26H22Cl2N2O4/c1-17-6-5-7-21(12-17)30-26(31)19(16-29)13-18-14-20(27)15-22(28)25(18)34-11-10-33-24-9-4-3-8-23(24)32-2/h3-9,12-15H,10-11H2,1-2H3,(H,30,31)/b19-13+. The third kappa shape index (κ3) is 6.67. The highest BCUT2D eigenvalue weighted by atomic mass is 35.5. The van der Waals surface area contributed by atoms with Crippen LogP contribution in [0.2, 0.25) is 10.0 Å². The smallest absolute Gasteiger partial charge is 0.266 e.